The molecule has 0 spiro atoms. The minimum atomic E-state index is -1.98. The van der Waals surface area contributed by atoms with Gasteiger partial charge in [-0.2, -0.15) is 0 Å². The molecule has 10 aromatic rings. The molecule has 0 nitrogen and oxygen atoms in total. The van der Waals surface area contributed by atoms with E-state index in [-0.39, 0.29) is 0 Å². The predicted molar refractivity (Wildman–Crippen MR) is 240 cm³/mol. The van der Waals surface area contributed by atoms with Crippen LogP contribution in [0.25, 0.3) is 98.7 Å². The van der Waals surface area contributed by atoms with E-state index >= 15 is 0 Å². The predicted octanol–water partition coefficient (Wildman–Crippen LogP) is 13.8. The first kappa shape index (κ1) is 31.9. The molecular weight excluding hydrogens is 677 g/mol. The first-order valence-electron chi connectivity index (χ1n) is 19.3. The molecule has 0 saturated heterocycles. The van der Waals surface area contributed by atoms with Crippen LogP contribution in [-0.4, -0.2) is 8.07 Å². The Morgan fingerprint density at radius 1 is 0.273 bits per heavy atom. The van der Waals surface area contributed by atoms with Crippen molar-refractivity contribution in [3.05, 3.63) is 194 Å². The van der Waals surface area contributed by atoms with Gasteiger partial charge in [-0.25, -0.2) is 0 Å². The molecule has 0 atom stereocenters. The van der Waals surface area contributed by atoms with E-state index in [2.05, 4.69) is 207 Å². The van der Waals surface area contributed by atoms with E-state index in [1.165, 1.54) is 109 Å². The van der Waals surface area contributed by atoms with Gasteiger partial charge in [0.05, 0.1) is 0 Å². The average molecular weight is 715 g/mol. The molecule has 1 aliphatic heterocycles. The number of rotatable bonds is 4. The Bertz CT molecular complexity index is 3160. The van der Waals surface area contributed by atoms with Crippen molar-refractivity contribution in [3.63, 3.8) is 0 Å². The molecule has 0 fully saturated rings. The second kappa shape index (κ2) is 12.2. The Balaban J connectivity index is 1.31. The molecule has 11 rings (SSSR count). The molecular formula is C54H38Si. The molecule has 0 aromatic heterocycles. The van der Waals surface area contributed by atoms with Crippen molar-refractivity contribution >= 4 is 61.5 Å². The van der Waals surface area contributed by atoms with E-state index in [0.29, 0.717) is 0 Å². The van der Waals surface area contributed by atoms with E-state index in [4.69, 9.17) is 0 Å². The molecule has 1 heterocycles. The maximum absolute atomic E-state index is 2.61. The summed E-state index contributed by atoms with van der Waals surface area (Å²) in [6.07, 6.45) is 0. The van der Waals surface area contributed by atoms with Gasteiger partial charge in [-0.3, -0.25) is 0 Å². The lowest BCUT2D eigenvalue weighted by Gasteiger charge is -2.23. The number of benzene rings is 10. The molecule has 0 amide bonds. The molecule has 0 aliphatic carbocycles. The quantitative estimate of drug-likeness (QED) is 0.126. The number of hydrogen-bond donors (Lipinski definition) is 0. The van der Waals surface area contributed by atoms with Gasteiger partial charge in [0.2, 0.25) is 0 Å². The van der Waals surface area contributed by atoms with Crippen LogP contribution in [0.3, 0.4) is 0 Å². The smallest absolute Gasteiger partial charge is 0.0623 e. The third-order valence-corrected chi connectivity index (χ3v) is 15.8. The Kier molecular flexibility index (Phi) is 7.11. The summed E-state index contributed by atoms with van der Waals surface area (Å²) in [5.74, 6) is 0. The minimum Gasteiger partial charge on any atom is -0.0623 e. The van der Waals surface area contributed by atoms with Gasteiger partial charge in [-0.1, -0.05) is 183 Å². The van der Waals surface area contributed by atoms with Crippen molar-refractivity contribution in [1.82, 2.24) is 0 Å². The standard InChI is InChI=1S/C54H38Si/c1-55(2)51-25-11-10-23-44(51)47-33-49-50(34-52(47)55)54(45-24-13-19-37-17-8-9-22-43(37)45)48-32-41(40-27-26-36-16-6-7-18-38(36)30-40)28-29-46(48)53(49)42-21-12-20-39(31-42)35-14-4-3-5-15-35/h3-34H,1-2H3. The molecule has 1 aliphatic rings. The third-order valence-electron chi connectivity index (χ3n) is 12.2. The van der Waals surface area contributed by atoms with Crippen molar-refractivity contribution in [1.29, 1.82) is 0 Å². The van der Waals surface area contributed by atoms with Crippen LogP contribution in [0.15, 0.2) is 194 Å². The highest BCUT2D eigenvalue weighted by Gasteiger charge is 2.38. The Morgan fingerprint density at radius 2 is 0.873 bits per heavy atom. The van der Waals surface area contributed by atoms with Crippen LogP contribution in [0.2, 0.25) is 13.1 Å². The van der Waals surface area contributed by atoms with Crippen LogP contribution in [0.5, 0.6) is 0 Å². The van der Waals surface area contributed by atoms with Crippen LogP contribution < -0.4 is 10.4 Å². The average Bonchev–Trinajstić information content (AvgIpc) is 3.46. The van der Waals surface area contributed by atoms with Gasteiger partial charge in [-0.15, -0.1) is 0 Å². The fourth-order valence-corrected chi connectivity index (χ4v) is 12.6. The van der Waals surface area contributed by atoms with Crippen LogP contribution in [0.1, 0.15) is 0 Å². The molecule has 55 heavy (non-hydrogen) atoms. The van der Waals surface area contributed by atoms with Crippen LogP contribution in [-0.2, 0) is 0 Å². The van der Waals surface area contributed by atoms with Crippen molar-refractivity contribution < 1.29 is 0 Å². The van der Waals surface area contributed by atoms with E-state index in [1.807, 2.05) is 0 Å². The van der Waals surface area contributed by atoms with Gasteiger partial charge in [0.1, 0.15) is 8.07 Å². The SMILES string of the molecule is C[Si]1(C)c2ccccc2-c2cc3c(-c4cccc(-c5ccccc5)c4)c4ccc(-c5ccc6ccccc6c5)cc4c(-c4cccc5ccccc45)c3cc21. The molecule has 0 N–H and O–H groups in total. The van der Waals surface area contributed by atoms with Gasteiger partial charge >= 0.3 is 0 Å². The lowest BCUT2D eigenvalue weighted by Crippen LogP contribution is -2.49. The second-order valence-corrected chi connectivity index (χ2v) is 20.0. The fraction of sp³-hybridized carbons (Fsp3) is 0.0370. The molecule has 0 saturated carbocycles. The summed E-state index contributed by atoms with van der Waals surface area (Å²) in [6, 6.07) is 72.8. The molecule has 258 valence electrons. The van der Waals surface area contributed by atoms with Gasteiger partial charge < -0.3 is 0 Å². The molecule has 1 heteroatoms. The fourth-order valence-electron chi connectivity index (χ4n) is 9.50. The van der Waals surface area contributed by atoms with Crippen molar-refractivity contribution in [2.24, 2.45) is 0 Å². The topological polar surface area (TPSA) is 0 Å². The first-order valence-corrected chi connectivity index (χ1v) is 22.3. The van der Waals surface area contributed by atoms with Crippen LogP contribution in [0.4, 0.5) is 0 Å². The molecule has 10 aromatic carbocycles. The van der Waals surface area contributed by atoms with E-state index in [1.54, 1.807) is 0 Å². The number of hydrogen-bond acceptors (Lipinski definition) is 0. The maximum atomic E-state index is 2.61. The van der Waals surface area contributed by atoms with Crippen molar-refractivity contribution in [2.45, 2.75) is 13.1 Å². The Hall–Kier alpha value is -6.54. The zero-order chi connectivity index (χ0) is 36.7. The normalized spacial score (nSPS) is 13.1. The highest BCUT2D eigenvalue weighted by atomic mass is 28.3. The monoisotopic (exact) mass is 714 g/mol. The number of fused-ring (bicyclic) bond motifs is 7. The first-order chi connectivity index (χ1) is 27.0. The van der Waals surface area contributed by atoms with Crippen molar-refractivity contribution in [2.75, 3.05) is 0 Å². The van der Waals surface area contributed by atoms with E-state index < -0.39 is 8.07 Å². The Labute approximate surface area is 323 Å². The highest BCUT2D eigenvalue weighted by Crippen LogP contribution is 2.48. The summed E-state index contributed by atoms with van der Waals surface area (Å²) < 4.78 is 0. The zero-order valence-corrected chi connectivity index (χ0v) is 32.0. The Morgan fingerprint density at radius 3 is 1.76 bits per heavy atom. The van der Waals surface area contributed by atoms with Crippen LogP contribution in [0, 0.1) is 0 Å². The zero-order valence-electron chi connectivity index (χ0n) is 31.0. The summed E-state index contributed by atoms with van der Waals surface area (Å²) in [6.45, 7) is 5.06. The lowest BCUT2D eigenvalue weighted by molar-refractivity contribution is 1.61. The van der Waals surface area contributed by atoms with E-state index in [9.17, 15) is 0 Å². The summed E-state index contributed by atoms with van der Waals surface area (Å²) in [7, 11) is -1.98. The lowest BCUT2D eigenvalue weighted by atomic mass is 9.82. The largest absolute Gasteiger partial charge is 0.113 e. The minimum absolute atomic E-state index is 1.23. The molecule has 0 bridgehead atoms. The maximum Gasteiger partial charge on any atom is 0.113 e. The second-order valence-electron chi connectivity index (χ2n) is 15.7. The summed E-state index contributed by atoms with van der Waals surface area (Å²) in [5, 5.41) is 13.3. The molecule has 0 radical (unpaired) electrons. The summed E-state index contributed by atoms with van der Waals surface area (Å²) in [5.41, 5.74) is 12.8. The van der Waals surface area contributed by atoms with Gasteiger partial charge in [0, 0.05) is 0 Å². The van der Waals surface area contributed by atoms with E-state index in [0.717, 1.165) is 0 Å². The third kappa shape index (κ3) is 4.97. The summed E-state index contributed by atoms with van der Waals surface area (Å²) in [4.78, 5) is 0. The molecule has 0 unspecified atom stereocenters. The summed E-state index contributed by atoms with van der Waals surface area (Å²) >= 11 is 0. The van der Waals surface area contributed by atoms with Crippen molar-refractivity contribution in [3.8, 4) is 55.6 Å². The van der Waals surface area contributed by atoms with Gasteiger partial charge in [0.15, 0.2) is 0 Å². The van der Waals surface area contributed by atoms with Gasteiger partial charge in [0.25, 0.3) is 0 Å². The highest BCUT2D eigenvalue weighted by molar-refractivity contribution is 7.04. The van der Waals surface area contributed by atoms with Crippen LogP contribution >= 0.6 is 0 Å². The van der Waals surface area contributed by atoms with Gasteiger partial charge in [-0.05, 0) is 133 Å².